The summed E-state index contributed by atoms with van der Waals surface area (Å²) in [5.41, 5.74) is 1.29. The lowest BCUT2D eigenvalue weighted by Crippen LogP contribution is -2.34. The number of ketones is 1. The zero-order valence-electron chi connectivity index (χ0n) is 14.9. The molecule has 2 N–H and O–H groups in total. The second kappa shape index (κ2) is 8.44. The number of Topliss-reactive ketones (excluding diaryl/α,β-unsaturated/α-hetero) is 1. The predicted octanol–water partition coefficient (Wildman–Crippen LogP) is 4.64. The van der Waals surface area contributed by atoms with Crippen molar-refractivity contribution < 1.29 is 4.79 Å². The van der Waals surface area contributed by atoms with Crippen molar-refractivity contribution in [2.75, 3.05) is 12.3 Å². The highest BCUT2D eigenvalue weighted by atomic mass is 35.5. The van der Waals surface area contributed by atoms with E-state index in [2.05, 4.69) is 23.6 Å². The van der Waals surface area contributed by atoms with Crippen molar-refractivity contribution in [1.29, 1.82) is 0 Å². The van der Waals surface area contributed by atoms with Gasteiger partial charge in [0.25, 0.3) is 0 Å². The Kier molecular flexibility index (Phi) is 6.45. The van der Waals surface area contributed by atoms with Gasteiger partial charge in [-0.1, -0.05) is 42.6 Å². The third-order valence-electron chi connectivity index (χ3n) is 5.76. The van der Waals surface area contributed by atoms with Gasteiger partial charge < -0.3 is 5.32 Å². The first kappa shape index (κ1) is 19.9. The molecule has 1 heterocycles. The number of halogens is 2. The summed E-state index contributed by atoms with van der Waals surface area (Å²) in [6.45, 7) is 3.06. The number of thioether (sulfide) groups is 1. The first-order valence-corrected chi connectivity index (χ1v) is 10.8. The Bertz CT molecular complexity index is 720. The first-order valence-electron chi connectivity index (χ1n) is 9.03. The van der Waals surface area contributed by atoms with Crippen LogP contribution in [0.5, 0.6) is 0 Å². The number of hydrogen-bond donors (Lipinski definition) is 2. The van der Waals surface area contributed by atoms with Crippen molar-refractivity contribution in [1.82, 2.24) is 10.6 Å². The number of hydrogen-bond acceptors (Lipinski definition) is 4. The maximum Gasteiger partial charge on any atom is 0.150 e. The fourth-order valence-electron chi connectivity index (χ4n) is 3.88. The summed E-state index contributed by atoms with van der Waals surface area (Å²) < 4.78 is 0. The maximum absolute atomic E-state index is 12.6. The molecule has 0 spiro atoms. The number of benzene rings is 1. The molecule has 140 valence electrons. The molecule has 3 nitrogen and oxygen atoms in total. The Morgan fingerprint density at radius 3 is 3.00 bits per heavy atom. The smallest absolute Gasteiger partial charge is 0.150 e. The molecule has 1 saturated carbocycles. The van der Waals surface area contributed by atoms with E-state index in [0.717, 1.165) is 30.7 Å². The van der Waals surface area contributed by atoms with Gasteiger partial charge in [-0.25, -0.2) is 0 Å². The van der Waals surface area contributed by atoms with Crippen LogP contribution in [0.2, 0.25) is 10.0 Å². The van der Waals surface area contributed by atoms with Crippen molar-refractivity contribution in [3.8, 4) is 12.5 Å². The van der Waals surface area contributed by atoms with Crippen molar-refractivity contribution >= 4 is 40.7 Å². The Morgan fingerprint density at radius 2 is 2.31 bits per heavy atom. The molecule has 6 heteroatoms. The van der Waals surface area contributed by atoms with Gasteiger partial charge >= 0.3 is 0 Å². The van der Waals surface area contributed by atoms with Gasteiger partial charge in [0.1, 0.15) is 0 Å². The standard InChI is InChI=1S/C20H24Cl2N2OS/c1-3-20(12-23-4-2)10-13(20)5-8-18(25)17-11-26-19(24-17)15-7-6-14(21)9-16(15)22/h2,6-7,9,13,17,19,23-24H,3,5,8,10-12H2,1H3. The molecule has 26 heavy (non-hydrogen) atoms. The molecule has 3 rings (SSSR count). The monoisotopic (exact) mass is 410 g/mol. The highest BCUT2D eigenvalue weighted by Crippen LogP contribution is 2.57. The van der Waals surface area contributed by atoms with E-state index in [1.807, 2.05) is 12.1 Å². The van der Waals surface area contributed by atoms with Gasteiger partial charge in [-0.15, -0.1) is 11.8 Å². The van der Waals surface area contributed by atoms with Crippen LogP contribution >= 0.6 is 35.0 Å². The van der Waals surface area contributed by atoms with Gasteiger partial charge in [0.2, 0.25) is 0 Å². The Hall–Kier alpha value is -0.860. The normalized spacial score (nSPS) is 30.0. The van der Waals surface area contributed by atoms with Crippen LogP contribution in [0.15, 0.2) is 18.2 Å². The largest absolute Gasteiger partial charge is 0.346 e. The summed E-state index contributed by atoms with van der Waals surface area (Å²) in [6.07, 6.45) is 9.16. The lowest BCUT2D eigenvalue weighted by molar-refractivity contribution is -0.120. The minimum Gasteiger partial charge on any atom is -0.346 e. The second-order valence-corrected chi connectivity index (χ2v) is 9.20. The van der Waals surface area contributed by atoms with E-state index in [1.165, 1.54) is 6.42 Å². The summed E-state index contributed by atoms with van der Waals surface area (Å²) in [4.78, 5) is 12.6. The molecule has 1 aromatic carbocycles. The molecule has 4 unspecified atom stereocenters. The molecular formula is C20H24Cl2N2OS. The van der Waals surface area contributed by atoms with E-state index < -0.39 is 0 Å². The van der Waals surface area contributed by atoms with Crippen LogP contribution in [-0.4, -0.2) is 24.1 Å². The second-order valence-electron chi connectivity index (χ2n) is 7.22. The van der Waals surface area contributed by atoms with Gasteiger partial charge in [-0.05, 0) is 48.3 Å². The molecule has 0 radical (unpaired) electrons. The molecule has 1 aliphatic heterocycles. The van der Waals surface area contributed by atoms with Crippen LogP contribution in [0.4, 0.5) is 0 Å². The summed E-state index contributed by atoms with van der Waals surface area (Å²) in [5, 5.41) is 7.75. The lowest BCUT2D eigenvalue weighted by atomic mass is 9.96. The minimum absolute atomic E-state index is 0.0456. The molecule has 2 aliphatic rings. The van der Waals surface area contributed by atoms with Gasteiger partial charge in [-0.3, -0.25) is 10.1 Å². The van der Waals surface area contributed by atoms with Crippen molar-refractivity contribution in [3.63, 3.8) is 0 Å². The van der Waals surface area contributed by atoms with Crippen LogP contribution < -0.4 is 10.6 Å². The minimum atomic E-state index is -0.102. The van der Waals surface area contributed by atoms with Gasteiger partial charge in [-0.2, -0.15) is 0 Å². The van der Waals surface area contributed by atoms with Crippen molar-refractivity contribution in [2.45, 2.75) is 44.0 Å². The lowest BCUT2D eigenvalue weighted by Gasteiger charge is -2.16. The quantitative estimate of drug-likeness (QED) is 0.483. The Morgan fingerprint density at radius 1 is 1.50 bits per heavy atom. The molecule has 0 bridgehead atoms. The fourth-order valence-corrected chi connectivity index (χ4v) is 5.78. The van der Waals surface area contributed by atoms with Crippen LogP contribution in [0.25, 0.3) is 0 Å². The van der Waals surface area contributed by atoms with Crippen LogP contribution in [0, 0.1) is 23.8 Å². The first-order chi connectivity index (χ1) is 12.5. The summed E-state index contributed by atoms with van der Waals surface area (Å²) in [6, 6.07) is 7.92. The highest BCUT2D eigenvalue weighted by molar-refractivity contribution is 7.99. The number of nitrogens with one attached hydrogen (secondary N) is 2. The molecule has 2 fully saturated rings. The van der Waals surface area contributed by atoms with E-state index in [0.29, 0.717) is 33.6 Å². The van der Waals surface area contributed by atoms with E-state index >= 15 is 0 Å². The Balaban J connectivity index is 1.49. The third-order valence-corrected chi connectivity index (χ3v) is 7.57. The number of carbonyl (C=O) groups excluding carboxylic acids is 1. The summed E-state index contributed by atoms with van der Waals surface area (Å²) >= 11 is 14.0. The van der Waals surface area contributed by atoms with Crippen LogP contribution in [-0.2, 0) is 4.79 Å². The van der Waals surface area contributed by atoms with Gasteiger partial charge in [0, 0.05) is 34.8 Å². The topological polar surface area (TPSA) is 41.1 Å². The molecular weight excluding hydrogens is 387 g/mol. The predicted molar refractivity (Wildman–Crippen MR) is 110 cm³/mol. The maximum atomic E-state index is 12.6. The average molecular weight is 411 g/mol. The van der Waals surface area contributed by atoms with Crippen molar-refractivity contribution in [2.24, 2.45) is 11.3 Å². The van der Waals surface area contributed by atoms with Crippen molar-refractivity contribution in [3.05, 3.63) is 33.8 Å². The summed E-state index contributed by atoms with van der Waals surface area (Å²) in [5.74, 6) is 1.68. The van der Waals surface area contributed by atoms with E-state index in [-0.39, 0.29) is 11.4 Å². The SMILES string of the molecule is C#CNCC1(CC)CC1CCC(=O)C1CSC(c2ccc(Cl)cc2Cl)N1. The Labute approximate surface area is 170 Å². The van der Waals surface area contributed by atoms with Crippen LogP contribution in [0.3, 0.4) is 0 Å². The highest BCUT2D eigenvalue weighted by Gasteiger charge is 2.51. The molecule has 0 amide bonds. The number of terminal acetylenes is 1. The zero-order valence-corrected chi connectivity index (χ0v) is 17.2. The molecule has 1 aliphatic carbocycles. The third kappa shape index (κ3) is 4.34. The fraction of sp³-hybridized carbons (Fsp3) is 0.550. The van der Waals surface area contributed by atoms with E-state index in [4.69, 9.17) is 29.6 Å². The molecule has 1 saturated heterocycles. The summed E-state index contributed by atoms with van der Waals surface area (Å²) in [7, 11) is 0. The van der Waals surface area contributed by atoms with E-state index in [1.54, 1.807) is 17.8 Å². The van der Waals surface area contributed by atoms with Gasteiger partial charge in [0.15, 0.2) is 5.78 Å². The number of carbonyl (C=O) groups is 1. The number of rotatable bonds is 8. The average Bonchev–Trinajstić information content (AvgIpc) is 3.10. The van der Waals surface area contributed by atoms with Crippen LogP contribution in [0.1, 0.15) is 43.5 Å². The van der Waals surface area contributed by atoms with Gasteiger partial charge in [0.05, 0.1) is 11.4 Å². The van der Waals surface area contributed by atoms with E-state index in [9.17, 15) is 4.79 Å². The zero-order chi connectivity index (χ0) is 18.7. The molecule has 0 aromatic heterocycles. The molecule has 1 aromatic rings. The molecule has 4 atom stereocenters.